The summed E-state index contributed by atoms with van der Waals surface area (Å²) in [5, 5.41) is 0. The topological polar surface area (TPSA) is 49.9 Å². The Morgan fingerprint density at radius 3 is 2.04 bits per heavy atom. The van der Waals surface area contributed by atoms with Crippen LogP contribution in [0, 0.1) is 0 Å². The van der Waals surface area contributed by atoms with Crippen molar-refractivity contribution >= 4 is 33.8 Å². The summed E-state index contributed by atoms with van der Waals surface area (Å²) in [5.74, 6) is 0.747. The first kappa shape index (κ1) is 19.2. The Balaban J connectivity index is 1.67. The van der Waals surface area contributed by atoms with Gasteiger partial charge in [-0.05, 0) is 42.0 Å². The van der Waals surface area contributed by atoms with E-state index in [9.17, 15) is 9.59 Å². The molecule has 1 fully saturated rings. The molecule has 0 bridgehead atoms. The van der Waals surface area contributed by atoms with E-state index in [1.54, 1.807) is 37.5 Å². The van der Waals surface area contributed by atoms with Gasteiger partial charge in [-0.15, -0.1) is 0 Å². The van der Waals surface area contributed by atoms with Gasteiger partial charge in [0.1, 0.15) is 12.0 Å². The maximum atomic E-state index is 12.7. The highest BCUT2D eigenvalue weighted by Crippen LogP contribution is 2.23. The summed E-state index contributed by atoms with van der Waals surface area (Å²) < 4.78 is 6.13. The molecule has 1 aliphatic heterocycles. The highest BCUT2D eigenvalue weighted by Gasteiger charge is 2.23. The van der Waals surface area contributed by atoms with Crippen LogP contribution in [0.1, 0.15) is 15.9 Å². The molecule has 1 heterocycles. The molecule has 2 aromatic rings. The van der Waals surface area contributed by atoms with Crippen LogP contribution in [-0.2, 0) is 4.79 Å². The fourth-order valence-corrected chi connectivity index (χ4v) is 3.40. The predicted molar refractivity (Wildman–Crippen MR) is 109 cm³/mol. The lowest BCUT2D eigenvalue weighted by molar-refractivity contribution is -0.104. The first-order valence-corrected chi connectivity index (χ1v) is 9.51. The van der Waals surface area contributed by atoms with E-state index in [-0.39, 0.29) is 5.91 Å². The zero-order valence-electron chi connectivity index (χ0n) is 15.1. The van der Waals surface area contributed by atoms with Gasteiger partial charge in [0.15, 0.2) is 0 Å². The Kier molecular flexibility index (Phi) is 6.29. The van der Waals surface area contributed by atoms with Gasteiger partial charge in [-0.1, -0.05) is 28.1 Å². The van der Waals surface area contributed by atoms with Crippen molar-refractivity contribution in [2.45, 2.75) is 0 Å². The molecule has 0 spiro atoms. The minimum atomic E-state index is 0.0156. The molecule has 0 aliphatic carbocycles. The van der Waals surface area contributed by atoms with Gasteiger partial charge in [-0.25, -0.2) is 0 Å². The molecule has 140 valence electrons. The lowest BCUT2D eigenvalue weighted by Gasteiger charge is -2.37. The van der Waals surface area contributed by atoms with Gasteiger partial charge in [0.25, 0.3) is 5.91 Å². The number of amides is 1. The number of aldehydes is 1. The first-order chi connectivity index (χ1) is 13.1. The van der Waals surface area contributed by atoms with Crippen molar-refractivity contribution in [2.24, 2.45) is 0 Å². The number of ether oxygens (including phenoxy) is 1. The second kappa shape index (κ2) is 8.86. The van der Waals surface area contributed by atoms with Crippen molar-refractivity contribution in [1.82, 2.24) is 9.80 Å². The van der Waals surface area contributed by atoms with Crippen LogP contribution in [0.5, 0.6) is 5.75 Å². The van der Waals surface area contributed by atoms with Crippen molar-refractivity contribution in [2.75, 3.05) is 33.3 Å². The first-order valence-electron chi connectivity index (χ1n) is 8.72. The van der Waals surface area contributed by atoms with E-state index in [4.69, 9.17) is 4.74 Å². The van der Waals surface area contributed by atoms with E-state index in [1.165, 1.54) is 0 Å². The average Bonchev–Trinajstić information content (AvgIpc) is 2.72. The fourth-order valence-electron chi connectivity index (χ4n) is 3.14. The van der Waals surface area contributed by atoms with Crippen molar-refractivity contribution in [3.63, 3.8) is 0 Å². The van der Waals surface area contributed by atoms with E-state index >= 15 is 0 Å². The Morgan fingerprint density at radius 2 is 1.48 bits per heavy atom. The third kappa shape index (κ3) is 4.57. The smallest absolute Gasteiger partial charge is 0.253 e. The molecule has 0 N–H and O–H groups in total. The van der Waals surface area contributed by atoms with E-state index in [0.29, 0.717) is 31.7 Å². The number of carbonyl (C=O) groups is 2. The van der Waals surface area contributed by atoms with Gasteiger partial charge < -0.3 is 14.5 Å². The molecular formula is C21H21BrN2O3. The summed E-state index contributed by atoms with van der Waals surface area (Å²) in [7, 11) is 1.60. The van der Waals surface area contributed by atoms with Crippen LogP contribution in [0.25, 0.3) is 5.70 Å². The number of allylic oxidation sites excluding steroid dienone is 1. The van der Waals surface area contributed by atoms with Crippen LogP contribution in [0.3, 0.4) is 0 Å². The molecule has 27 heavy (non-hydrogen) atoms. The number of rotatable bonds is 5. The summed E-state index contributed by atoms with van der Waals surface area (Å²) in [6.07, 6.45) is 2.40. The van der Waals surface area contributed by atoms with Gasteiger partial charge in [-0.2, -0.15) is 0 Å². The number of hydrogen-bond donors (Lipinski definition) is 0. The molecule has 3 rings (SSSR count). The highest BCUT2D eigenvalue weighted by atomic mass is 79.9. The second-order valence-electron chi connectivity index (χ2n) is 6.20. The molecule has 1 amide bonds. The minimum absolute atomic E-state index is 0.0156. The van der Waals surface area contributed by atoms with E-state index in [1.807, 2.05) is 29.2 Å². The molecule has 1 saturated heterocycles. The summed E-state index contributed by atoms with van der Waals surface area (Å²) >= 11 is 3.43. The molecule has 0 radical (unpaired) electrons. The van der Waals surface area contributed by atoms with Gasteiger partial charge in [0, 0.05) is 48.0 Å². The van der Waals surface area contributed by atoms with E-state index in [2.05, 4.69) is 20.8 Å². The fraction of sp³-hybridized carbons (Fsp3) is 0.238. The number of benzene rings is 2. The lowest BCUT2D eigenvalue weighted by Crippen LogP contribution is -2.47. The van der Waals surface area contributed by atoms with E-state index in [0.717, 1.165) is 27.8 Å². The SMILES string of the molecule is COc1ccc(C(=O)N2CCN(/C(=C/C=O)c3ccc(Br)cc3)CC2)cc1. The van der Waals surface area contributed by atoms with Gasteiger partial charge in [-0.3, -0.25) is 9.59 Å². The summed E-state index contributed by atoms with van der Waals surface area (Å²) in [6, 6.07) is 15.0. The molecule has 0 aromatic heterocycles. The molecule has 0 saturated carbocycles. The minimum Gasteiger partial charge on any atom is -0.497 e. The summed E-state index contributed by atoms with van der Waals surface area (Å²) in [4.78, 5) is 27.8. The average molecular weight is 429 g/mol. The van der Waals surface area contributed by atoms with Crippen LogP contribution >= 0.6 is 15.9 Å². The molecule has 0 atom stereocenters. The zero-order valence-corrected chi connectivity index (χ0v) is 16.7. The number of halogens is 1. The standard InChI is InChI=1S/C21H21BrN2O3/c1-27-19-8-4-17(5-9-19)21(26)24-13-11-23(12-14-24)20(10-15-25)16-2-6-18(22)7-3-16/h2-10,15H,11-14H2,1H3/b20-10+. The Labute approximate surface area is 167 Å². The molecule has 0 unspecified atom stereocenters. The number of carbonyl (C=O) groups excluding carboxylic acids is 2. The van der Waals surface area contributed by atoms with E-state index < -0.39 is 0 Å². The maximum absolute atomic E-state index is 12.7. The Bertz CT molecular complexity index is 824. The van der Waals surface area contributed by atoms with Crippen molar-refractivity contribution in [1.29, 1.82) is 0 Å². The largest absolute Gasteiger partial charge is 0.497 e. The zero-order chi connectivity index (χ0) is 19.2. The normalized spacial score (nSPS) is 14.8. The van der Waals surface area contributed by atoms with Gasteiger partial charge >= 0.3 is 0 Å². The van der Waals surface area contributed by atoms with Crippen molar-refractivity contribution in [3.8, 4) is 5.75 Å². The molecular weight excluding hydrogens is 408 g/mol. The maximum Gasteiger partial charge on any atom is 0.253 e. The third-order valence-corrected chi connectivity index (χ3v) is 5.14. The number of hydrogen-bond acceptors (Lipinski definition) is 4. The molecule has 2 aromatic carbocycles. The Hall–Kier alpha value is -2.60. The molecule has 6 heteroatoms. The number of methoxy groups -OCH3 is 1. The van der Waals surface area contributed by atoms with Crippen molar-refractivity contribution in [3.05, 3.63) is 70.2 Å². The monoisotopic (exact) mass is 428 g/mol. The number of piperazine rings is 1. The highest BCUT2D eigenvalue weighted by molar-refractivity contribution is 9.10. The quantitative estimate of drug-likeness (QED) is 0.540. The summed E-state index contributed by atoms with van der Waals surface area (Å²) in [5.41, 5.74) is 2.52. The van der Waals surface area contributed by atoms with Crippen LogP contribution in [0.15, 0.2) is 59.1 Å². The third-order valence-electron chi connectivity index (χ3n) is 4.61. The summed E-state index contributed by atoms with van der Waals surface area (Å²) in [6.45, 7) is 2.57. The predicted octanol–water partition coefficient (Wildman–Crippen LogP) is 3.46. The van der Waals surface area contributed by atoms with Crippen LogP contribution in [-0.4, -0.2) is 55.3 Å². The second-order valence-corrected chi connectivity index (χ2v) is 7.12. The van der Waals surface area contributed by atoms with Crippen molar-refractivity contribution < 1.29 is 14.3 Å². The number of nitrogens with zero attached hydrogens (tertiary/aromatic N) is 2. The Morgan fingerprint density at radius 1 is 0.926 bits per heavy atom. The van der Waals surface area contributed by atoms with Crippen LogP contribution < -0.4 is 4.74 Å². The van der Waals surface area contributed by atoms with Crippen LogP contribution in [0.2, 0.25) is 0 Å². The lowest BCUT2D eigenvalue weighted by atomic mass is 10.1. The van der Waals surface area contributed by atoms with Crippen LogP contribution in [0.4, 0.5) is 0 Å². The van der Waals surface area contributed by atoms with Gasteiger partial charge in [0.05, 0.1) is 7.11 Å². The molecule has 5 nitrogen and oxygen atoms in total. The molecule has 1 aliphatic rings. The van der Waals surface area contributed by atoms with Gasteiger partial charge in [0.2, 0.25) is 0 Å².